The fourth-order valence-electron chi connectivity index (χ4n) is 5.05. The van der Waals surface area contributed by atoms with Crippen LogP contribution in [-0.2, 0) is 25.5 Å². The highest BCUT2D eigenvalue weighted by molar-refractivity contribution is 5.86. The molecule has 1 aromatic rings. The van der Waals surface area contributed by atoms with E-state index in [1.54, 1.807) is 4.90 Å². The number of benzene rings is 1. The average Bonchev–Trinajstić information content (AvgIpc) is 3.31. The maximum atomic E-state index is 12.7. The van der Waals surface area contributed by atoms with E-state index in [9.17, 15) is 9.59 Å². The van der Waals surface area contributed by atoms with Crippen molar-refractivity contribution in [2.45, 2.75) is 63.1 Å². The third-order valence-electron chi connectivity index (χ3n) is 6.89. The van der Waals surface area contributed by atoms with Crippen molar-refractivity contribution in [1.82, 2.24) is 10.2 Å². The Morgan fingerprint density at radius 3 is 2.35 bits per heavy atom. The number of carbonyl (C=O) groups excluding carboxylic acids is 2. The van der Waals surface area contributed by atoms with E-state index >= 15 is 0 Å². The lowest BCUT2D eigenvalue weighted by Gasteiger charge is -2.36. The maximum absolute atomic E-state index is 12.7. The molecule has 3 saturated heterocycles. The minimum absolute atomic E-state index is 0.000603. The van der Waals surface area contributed by atoms with E-state index in [1.165, 1.54) is 12.8 Å². The molecule has 1 atom stereocenters. The van der Waals surface area contributed by atoms with E-state index in [0.29, 0.717) is 31.5 Å². The fourth-order valence-corrected chi connectivity index (χ4v) is 5.05. The molecule has 0 radical (unpaired) electrons. The molecule has 170 valence electrons. The lowest BCUT2D eigenvalue weighted by Crippen LogP contribution is -2.47. The Morgan fingerprint density at radius 1 is 1.00 bits per heavy atom. The molecule has 0 aliphatic carbocycles. The molecular formula is C24H35N3O4. The minimum atomic E-state index is -0.423. The van der Waals surface area contributed by atoms with Crippen molar-refractivity contribution in [3.63, 3.8) is 0 Å². The van der Waals surface area contributed by atoms with E-state index in [2.05, 4.69) is 22.3 Å². The molecule has 1 aromatic carbocycles. The van der Waals surface area contributed by atoms with Gasteiger partial charge in [0.05, 0.1) is 13.5 Å². The molecule has 0 spiro atoms. The summed E-state index contributed by atoms with van der Waals surface area (Å²) in [5, 5.41) is 3.82. The Kier molecular flexibility index (Phi) is 7.45. The summed E-state index contributed by atoms with van der Waals surface area (Å²) in [5.74, 6) is -0.309. The number of rotatable bonds is 6. The van der Waals surface area contributed by atoms with Crippen molar-refractivity contribution >= 4 is 17.6 Å². The van der Waals surface area contributed by atoms with Crippen LogP contribution in [0.2, 0.25) is 0 Å². The minimum Gasteiger partial charge on any atom is -0.467 e. The number of anilines is 1. The van der Waals surface area contributed by atoms with Gasteiger partial charge in [0, 0.05) is 50.6 Å². The predicted octanol–water partition coefficient (Wildman–Crippen LogP) is 2.13. The Labute approximate surface area is 185 Å². The summed E-state index contributed by atoms with van der Waals surface area (Å²) in [6.45, 7) is 4.49. The molecule has 0 saturated carbocycles. The van der Waals surface area contributed by atoms with Crippen molar-refractivity contribution in [1.29, 1.82) is 0 Å². The van der Waals surface area contributed by atoms with Crippen LogP contribution < -0.4 is 10.2 Å². The van der Waals surface area contributed by atoms with Crippen LogP contribution in [0.3, 0.4) is 0 Å². The molecule has 3 heterocycles. The van der Waals surface area contributed by atoms with Crippen LogP contribution >= 0.6 is 0 Å². The summed E-state index contributed by atoms with van der Waals surface area (Å²) in [5.41, 5.74) is 2.20. The second-order valence-electron chi connectivity index (χ2n) is 8.93. The SMILES string of the molecule is COC(=O)[C@@H]1CCCN1C(=O)Cc1ccc(N2CCC(NC3CCOCC3)CC2)cc1. The molecule has 31 heavy (non-hydrogen) atoms. The van der Waals surface area contributed by atoms with Gasteiger partial charge in [0.2, 0.25) is 5.91 Å². The molecule has 3 fully saturated rings. The second-order valence-corrected chi connectivity index (χ2v) is 8.93. The van der Waals surface area contributed by atoms with Gasteiger partial charge in [0.15, 0.2) is 0 Å². The lowest BCUT2D eigenvalue weighted by atomic mass is 10.0. The first-order valence-corrected chi connectivity index (χ1v) is 11.7. The molecule has 0 aromatic heterocycles. The van der Waals surface area contributed by atoms with Crippen LogP contribution in [0, 0.1) is 0 Å². The molecule has 7 heteroatoms. The zero-order chi connectivity index (χ0) is 21.6. The normalized spacial score (nSPS) is 23.2. The van der Waals surface area contributed by atoms with Crippen molar-refractivity contribution in [3.05, 3.63) is 29.8 Å². The molecule has 3 aliphatic rings. The van der Waals surface area contributed by atoms with Gasteiger partial charge >= 0.3 is 5.97 Å². The Hall–Kier alpha value is -2.12. The molecule has 1 amide bonds. The topological polar surface area (TPSA) is 71.1 Å². The molecule has 7 nitrogen and oxygen atoms in total. The Morgan fingerprint density at radius 2 is 1.68 bits per heavy atom. The number of amides is 1. The third-order valence-corrected chi connectivity index (χ3v) is 6.89. The second kappa shape index (κ2) is 10.5. The van der Waals surface area contributed by atoms with Gasteiger partial charge in [0.1, 0.15) is 6.04 Å². The van der Waals surface area contributed by atoms with E-state index in [1.807, 2.05) is 12.1 Å². The monoisotopic (exact) mass is 429 g/mol. The highest BCUT2D eigenvalue weighted by atomic mass is 16.5. The molecule has 0 bridgehead atoms. The first-order valence-electron chi connectivity index (χ1n) is 11.7. The maximum Gasteiger partial charge on any atom is 0.328 e. The van der Waals surface area contributed by atoms with Gasteiger partial charge in [0.25, 0.3) is 0 Å². The number of carbonyl (C=O) groups is 2. The zero-order valence-corrected chi connectivity index (χ0v) is 18.6. The number of hydrogen-bond acceptors (Lipinski definition) is 6. The van der Waals surface area contributed by atoms with Crippen LogP contribution in [0.5, 0.6) is 0 Å². The molecule has 4 rings (SSSR count). The largest absolute Gasteiger partial charge is 0.467 e. The van der Waals surface area contributed by atoms with Gasteiger partial charge in [-0.1, -0.05) is 12.1 Å². The van der Waals surface area contributed by atoms with Crippen molar-refractivity contribution in [3.8, 4) is 0 Å². The van der Waals surface area contributed by atoms with Gasteiger partial charge in [-0.25, -0.2) is 4.79 Å². The van der Waals surface area contributed by atoms with Crippen LogP contribution in [0.25, 0.3) is 0 Å². The van der Waals surface area contributed by atoms with Gasteiger partial charge in [-0.2, -0.15) is 0 Å². The summed E-state index contributed by atoms with van der Waals surface area (Å²) in [6.07, 6.45) is 6.42. The summed E-state index contributed by atoms with van der Waals surface area (Å²) in [6, 6.07) is 9.11. The van der Waals surface area contributed by atoms with E-state index in [0.717, 1.165) is 64.0 Å². The number of ether oxygens (including phenoxy) is 2. The van der Waals surface area contributed by atoms with Crippen molar-refractivity contribution < 1.29 is 19.1 Å². The van der Waals surface area contributed by atoms with E-state index in [-0.39, 0.29) is 11.9 Å². The van der Waals surface area contributed by atoms with Gasteiger partial charge in [-0.05, 0) is 56.2 Å². The molecule has 0 unspecified atom stereocenters. The summed E-state index contributed by atoms with van der Waals surface area (Å²) in [7, 11) is 1.38. The van der Waals surface area contributed by atoms with Crippen LogP contribution in [0.1, 0.15) is 44.1 Å². The number of piperidine rings is 1. The van der Waals surface area contributed by atoms with E-state index in [4.69, 9.17) is 9.47 Å². The standard InChI is InChI=1S/C24H35N3O4/c1-30-24(29)22-3-2-12-27(22)23(28)17-18-4-6-21(7-5-18)26-13-8-19(9-14-26)25-20-10-15-31-16-11-20/h4-7,19-20,22,25H,2-3,8-17H2,1H3/t22-/m0/s1. The van der Waals surface area contributed by atoms with E-state index < -0.39 is 6.04 Å². The number of likely N-dealkylation sites (tertiary alicyclic amines) is 1. The first-order chi connectivity index (χ1) is 15.1. The highest BCUT2D eigenvalue weighted by Gasteiger charge is 2.34. The van der Waals surface area contributed by atoms with Crippen LogP contribution in [0.4, 0.5) is 5.69 Å². The Bertz CT molecular complexity index is 740. The molecule has 3 aliphatic heterocycles. The number of hydrogen-bond donors (Lipinski definition) is 1. The number of nitrogens with zero attached hydrogens (tertiary/aromatic N) is 2. The lowest BCUT2D eigenvalue weighted by molar-refractivity contribution is -0.150. The van der Waals surface area contributed by atoms with Gasteiger partial charge in [-0.15, -0.1) is 0 Å². The van der Waals surface area contributed by atoms with Crippen molar-refractivity contribution in [2.24, 2.45) is 0 Å². The van der Waals surface area contributed by atoms with Crippen LogP contribution in [0.15, 0.2) is 24.3 Å². The highest BCUT2D eigenvalue weighted by Crippen LogP contribution is 2.23. The Balaban J connectivity index is 1.26. The predicted molar refractivity (Wildman–Crippen MR) is 119 cm³/mol. The smallest absolute Gasteiger partial charge is 0.328 e. The van der Waals surface area contributed by atoms with Crippen molar-refractivity contribution in [2.75, 3.05) is 44.9 Å². The number of esters is 1. The summed E-state index contributed by atoms with van der Waals surface area (Å²) >= 11 is 0. The summed E-state index contributed by atoms with van der Waals surface area (Å²) in [4.78, 5) is 28.7. The molecular weight excluding hydrogens is 394 g/mol. The third kappa shape index (κ3) is 5.57. The van der Waals surface area contributed by atoms with Gasteiger partial charge < -0.3 is 24.6 Å². The fraction of sp³-hybridized carbons (Fsp3) is 0.667. The number of methoxy groups -OCH3 is 1. The quantitative estimate of drug-likeness (QED) is 0.699. The average molecular weight is 430 g/mol. The zero-order valence-electron chi connectivity index (χ0n) is 18.6. The summed E-state index contributed by atoms with van der Waals surface area (Å²) < 4.78 is 10.3. The molecule has 1 N–H and O–H groups in total. The first kappa shape index (κ1) is 22.1. The van der Waals surface area contributed by atoms with Crippen LogP contribution in [-0.4, -0.2) is 74.9 Å². The van der Waals surface area contributed by atoms with Gasteiger partial charge in [-0.3, -0.25) is 4.79 Å². The number of nitrogens with one attached hydrogen (secondary N) is 1.